The second-order valence-corrected chi connectivity index (χ2v) is 4.77. The fourth-order valence-corrected chi connectivity index (χ4v) is 2.46. The lowest BCUT2D eigenvalue weighted by molar-refractivity contribution is -0.383. The molecule has 20 heavy (non-hydrogen) atoms. The molecule has 0 aliphatic carbocycles. The van der Waals surface area contributed by atoms with Gasteiger partial charge in [0.15, 0.2) is 0 Å². The van der Waals surface area contributed by atoms with Crippen molar-refractivity contribution in [3.63, 3.8) is 0 Å². The van der Waals surface area contributed by atoms with Gasteiger partial charge in [-0.3, -0.25) is 14.8 Å². The first-order valence-corrected chi connectivity index (χ1v) is 6.50. The van der Waals surface area contributed by atoms with Crippen LogP contribution < -0.4 is 5.73 Å². The number of hydrogen-bond acceptors (Lipinski definition) is 4. The van der Waals surface area contributed by atoms with E-state index in [0.29, 0.717) is 12.1 Å². The van der Waals surface area contributed by atoms with Crippen molar-refractivity contribution >= 4 is 11.4 Å². The molecule has 0 amide bonds. The van der Waals surface area contributed by atoms with Crippen molar-refractivity contribution < 1.29 is 4.92 Å². The van der Waals surface area contributed by atoms with Crippen molar-refractivity contribution in [3.05, 3.63) is 50.8 Å². The summed E-state index contributed by atoms with van der Waals surface area (Å²) < 4.78 is 1.85. The number of hydrogen-bond donors (Lipinski definition) is 1. The van der Waals surface area contributed by atoms with E-state index < -0.39 is 4.92 Å². The molecule has 0 atom stereocenters. The van der Waals surface area contributed by atoms with Gasteiger partial charge >= 0.3 is 0 Å². The molecule has 2 N–H and O–H groups in total. The van der Waals surface area contributed by atoms with Gasteiger partial charge in [0.1, 0.15) is 5.69 Å². The van der Waals surface area contributed by atoms with Gasteiger partial charge in [-0.25, -0.2) is 0 Å². The number of anilines is 1. The smallest absolute Gasteiger partial charge is 0.292 e. The molecule has 2 aromatic rings. The number of para-hydroxylation sites is 1. The summed E-state index contributed by atoms with van der Waals surface area (Å²) >= 11 is 0. The van der Waals surface area contributed by atoms with Gasteiger partial charge in [-0.05, 0) is 25.8 Å². The Hall–Kier alpha value is -2.37. The predicted molar refractivity (Wildman–Crippen MR) is 77.7 cm³/mol. The van der Waals surface area contributed by atoms with Crippen LogP contribution in [0.1, 0.15) is 29.4 Å². The molecule has 0 aliphatic heterocycles. The van der Waals surface area contributed by atoms with Gasteiger partial charge in [0.05, 0.1) is 17.2 Å². The van der Waals surface area contributed by atoms with Crippen molar-refractivity contribution in [2.24, 2.45) is 0 Å². The van der Waals surface area contributed by atoms with Crippen LogP contribution >= 0.6 is 0 Å². The van der Waals surface area contributed by atoms with Gasteiger partial charge in [-0.1, -0.05) is 19.1 Å². The Morgan fingerprint density at radius 3 is 2.65 bits per heavy atom. The number of nitrogens with two attached hydrogens (primary N) is 1. The number of nitro groups is 1. The SMILES string of the molecule is CCc1c(C)nn(Cc2cccc([N+](=O)[O-])c2N)c1C. The summed E-state index contributed by atoms with van der Waals surface area (Å²) in [6.45, 7) is 6.51. The number of benzene rings is 1. The van der Waals surface area contributed by atoms with Gasteiger partial charge < -0.3 is 5.73 Å². The second-order valence-electron chi connectivity index (χ2n) is 4.77. The highest BCUT2D eigenvalue weighted by Crippen LogP contribution is 2.26. The molecule has 1 aromatic carbocycles. The summed E-state index contributed by atoms with van der Waals surface area (Å²) in [5.74, 6) is 0. The molecule has 0 saturated heterocycles. The number of aromatic nitrogens is 2. The fraction of sp³-hybridized carbons (Fsp3) is 0.357. The number of nitrogens with zero attached hydrogens (tertiary/aromatic N) is 3. The first-order chi connectivity index (χ1) is 9.45. The summed E-state index contributed by atoms with van der Waals surface area (Å²) in [6, 6.07) is 4.86. The Kier molecular flexibility index (Phi) is 3.74. The zero-order valence-corrected chi connectivity index (χ0v) is 11.9. The van der Waals surface area contributed by atoms with E-state index in [4.69, 9.17) is 5.73 Å². The molecule has 6 heteroatoms. The van der Waals surface area contributed by atoms with E-state index in [-0.39, 0.29) is 11.4 Å². The maximum atomic E-state index is 10.9. The minimum atomic E-state index is -0.461. The molecule has 1 aromatic heterocycles. The van der Waals surface area contributed by atoms with Crippen molar-refractivity contribution in [1.29, 1.82) is 0 Å². The molecule has 0 aliphatic rings. The minimum Gasteiger partial charge on any atom is -0.393 e. The summed E-state index contributed by atoms with van der Waals surface area (Å²) in [4.78, 5) is 10.4. The van der Waals surface area contributed by atoms with Crippen LogP contribution in [0.15, 0.2) is 18.2 Å². The first kappa shape index (κ1) is 14.0. The van der Waals surface area contributed by atoms with E-state index in [0.717, 1.165) is 17.8 Å². The molecule has 1 heterocycles. The highest BCUT2D eigenvalue weighted by molar-refractivity contribution is 5.63. The topological polar surface area (TPSA) is 87.0 Å². The summed E-state index contributed by atoms with van der Waals surface area (Å²) in [7, 11) is 0. The highest BCUT2D eigenvalue weighted by Gasteiger charge is 2.16. The lowest BCUT2D eigenvalue weighted by atomic mass is 10.1. The minimum absolute atomic E-state index is 0.0558. The number of rotatable bonds is 4. The first-order valence-electron chi connectivity index (χ1n) is 6.50. The van der Waals surface area contributed by atoms with E-state index in [1.165, 1.54) is 11.6 Å². The molecule has 0 unspecified atom stereocenters. The Morgan fingerprint density at radius 1 is 1.40 bits per heavy atom. The second kappa shape index (κ2) is 5.32. The van der Waals surface area contributed by atoms with Gasteiger partial charge in [0.2, 0.25) is 0 Å². The molecule has 106 valence electrons. The zero-order chi connectivity index (χ0) is 14.9. The Balaban J connectivity index is 2.41. The number of nitrogen functional groups attached to an aromatic ring is 1. The molecular formula is C14H18N4O2. The molecule has 0 radical (unpaired) electrons. The van der Waals surface area contributed by atoms with Gasteiger partial charge in [-0.15, -0.1) is 0 Å². The number of nitro benzene ring substituents is 1. The van der Waals surface area contributed by atoms with E-state index >= 15 is 0 Å². The van der Waals surface area contributed by atoms with Gasteiger partial charge in [0, 0.05) is 17.3 Å². The van der Waals surface area contributed by atoms with Crippen LogP contribution in [-0.4, -0.2) is 14.7 Å². The third kappa shape index (κ3) is 2.36. The van der Waals surface area contributed by atoms with Crippen molar-refractivity contribution in [2.45, 2.75) is 33.7 Å². The number of aryl methyl sites for hydroxylation is 1. The average Bonchev–Trinajstić information content (AvgIpc) is 2.66. The zero-order valence-electron chi connectivity index (χ0n) is 11.9. The maximum absolute atomic E-state index is 10.9. The largest absolute Gasteiger partial charge is 0.393 e. The van der Waals surface area contributed by atoms with Gasteiger partial charge in [-0.2, -0.15) is 5.10 Å². The normalized spacial score (nSPS) is 10.8. The molecular weight excluding hydrogens is 256 g/mol. The van der Waals surface area contributed by atoms with Crippen LogP contribution in [-0.2, 0) is 13.0 Å². The Labute approximate surface area is 117 Å². The third-order valence-electron chi connectivity index (χ3n) is 3.58. The van der Waals surface area contributed by atoms with Crippen molar-refractivity contribution in [1.82, 2.24) is 9.78 Å². The van der Waals surface area contributed by atoms with Crippen LogP contribution in [0.3, 0.4) is 0 Å². The lowest BCUT2D eigenvalue weighted by Gasteiger charge is -2.08. The monoisotopic (exact) mass is 274 g/mol. The summed E-state index contributed by atoms with van der Waals surface area (Å²) in [6.07, 6.45) is 0.919. The lowest BCUT2D eigenvalue weighted by Crippen LogP contribution is -2.08. The van der Waals surface area contributed by atoms with E-state index in [9.17, 15) is 10.1 Å². The molecule has 0 spiro atoms. The third-order valence-corrected chi connectivity index (χ3v) is 3.58. The van der Waals surface area contributed by atoms with E-state index in [1.807, 2.05) is 18.5 Å². The molecule has 6 nitrogen and oxygen atoms in total. The molecule has 2 rings (SSSR count). The quantitative estimate of drug-likeness (QED) is 0.527. The van der Waals surface area contributed by atoms with E-state index in [1.54, 1.807) is 12.1 Å². The molecule has 0 bridgehead atoms. The Morgan fingerprint density at radius 2 is 2.10 bits per heavy atom. The standard InChI is InChI=1S/C14H18N4O2/c1-4-12-9(2)16-17(10(12)3)8-11-6-5-7-13(14(11)15)18(19)20/h5-7H,4,8,15H2,1-3H3. The van der Waals surface area contributed by atoms with Gasteiger partial charge in [0.25, 0.3) is 5.69 Å². The summed E-state index contributed by atoms with van der Waals surface area (Å²) in [5.41, 5.74) is 10.0. The average molecular weight is 274 g/mol. The van der Waals surface area contributed by atoms with Crippen molar-refractivity contribution in [2.75, 3.05) is 5.73 Å². The molecule has 0 saturated carbocycles. The fourth-order valence-electron chi connectivity index (χ4n) is 2.46. The van der Waals surface area contributed by atoms with Crippen LogP contribution in [0.25, 0.3) is 0 Å². The highest BCUT2D eigenvalue weighted by atomic mass is 16.6. The summed E-state index contributed by atoms with van der Waals surface area (Å²) in [5, 5.41) is 15.4. The van der Waals surface area contributed by atoms with Crippen LogP contribution in [0.4, 0.5) is 11.4 Å². The van der Waals surface area contributed by atoms with E-state index in [2.05, 4.69) is 12.0 Å². The van der Waals surface area contributed by atoms with Crippen molar-refractivity contribution in [3.8, 4) is 0 Å². The van der Waals surface area contributed by atoms with Crippen LogP contribution in [0, 0.1) is 24.0 Å². The molecule has 0 fully saturated rings. The Bertz CT molecular complexity index is 661. The van der Waals surface area contributed by atoms with Crippen LogP contribution in [0.5, 0.6) is 0 Å². The maximum Gasteiger partial charge on any atom is 0.292 e. The predicted octanol–water partition coefficient (Wildman–Crippen LogP) is 2.60. The van der Waals surface area contributed by atoms with Crippen LogP contribution in [0.2, 0.25) is 0 Å².